The maximum absolute atomic E-state index is 6.09. The Bertz CT molecular complexity index is 437. The molecule has 1 aliphatic heterocycles. The van der Waals surface area contributed by atoms with Crippen molar-refractivity contribution in [1.82, 2.24) is 5.32 Å². The second-order valence-corrected chi connectivity index (χ2v) is 6.36. The van der Waals surface area contributed by atoms with E-state index >= 15 is 0 Å². The third-order valence-corrected chi connectivity index (χ3v) is 4.64. The molecule has 0 spiro atoms. The highest BCUT2D eigenvalue weighted by atomic mass is 16.5. The monoisotopic (exact) mass is 289 g/mol. The molecule has 3 rings (SSSR count). The largest absolute Gasteiger partial charge is 0.490 e. The van der Waals surface area contributed by atoms with Gasteiger partial charge < -0.3 is 14.8 Å². The Hall–Kier alpha value is -1.06. The molecule has 1 heterocycles. The van der Waals surface area contributed by atoms with Gasteiger partial charge in [0.15, 0.2) is 0 Å². The second kappa shape index (κ2) is 7.28. The molecule has 0 amide bonds. The Balaban J connectivity index is 1.53. The van der Waals surface area contributed by atoms with E-state index in [0.717, 1.165) is 18.9 Å². The van der Waals surface area contributed by atoms with E-state index in [-0.39, 0.29) is 0 Å². The van der Waals surface area contributed by atoms with Gasteiger partial charge in [-0.05, 0) is 63.1 Å². The van der Waals surface area contributed by atoms with Crippen LogP contribution in [0.25, 0.3) is 0 Å². The van der Waals surface area contributed by atoms with Crippen LogP contribution in [0.3, 0.4) is 0 Å². The summed E-state index contributed by atoms with van der Waals surface area (Å²) in [6.07, 6.45) is 8.23. The molecule has 1 aromatic carbocycles. The summed E-state index contributed by atoms with van der Waals surface area (Å²) in [6, 6.07) is 8.87. The van der Waals surface area contributed by atoms with Gasteiger partial charge in [-0.25, -0.2) is 0 Å². The van der Waals surface area contributed by atoms with Gasteiger partial charge in [-0.1, -0.05) is 12.1 Å². The average Bonchev–Trinajstić information content (AvgIpc) is 3.18. The Labute approximate surface area is 128 Å². The Morgan fingerprint density at radius 3 is 2.86 bits per heavy atom. The van der Waals surface area contributed by atoms with Crippen LogP contribution in [0.2, 0.25) is 0 Å². The van der Waals surface area contributed by atoms with Gasteiger partial charge in [-0.2, -0.15) is 0 Å². The predicted octanol–water partition coefficient (Wildman–Crippen LogP) is 3.84. The Kier molecular flexibility index (Phi) is 5.15. The lowest BCUT2D eigenvalue weighted by molar-refractivity contribution is 0.108. The van der Waals surface area contributed by atoms with Crippen molar-refractivity contribution in [3.8, 4) is 5.75 Å². The van der Waals surface area contributed by atoms with Crippen LogP contribution in [-0.2, 0) is 4.74 Å². The van der Waals surface area contributed by atoms with Crippen molar-refractivity contribution >= 4 is 0 Å². The maximum Gasteiger partial charge on any atom is 0.120 e. The summed E-state index contributed by atoms with van der Waals surface area (Å²) in [4.78, 5) is 0. The van der Waals surface area contributed by atoms with Crippen LogP contribution < -0.4 is 10.1 Å². The summed E-state index contributed by atoms with van der Waals surface area (Å²) >= 11 is 0. The van der Waals surface area contributed by atoms with Crippen molar-refractivity contribution in [2.24, 2.45) is 0 Å². The van der Waals surface area contributed by atoms with Gasteiger partial charge in [0.2, 0.25) is 0 Å². The topological polar surface area (TPSA) is 30.5 Å². The number of ether oxygens (including phenoxy) is 2. The van der Waals surface area contributed by atoms with Crippen LogP contribution in [0.5, 0.6) is 5.75 Å². The molecule has 0 bridgehead atoms. The quantitative estimate of drug-likeness (QED) is 0.863. The van der Waals surface area contributed by atoms with E-state index in [1.165, 1.54) is 44.1 Å². The molecule has 21 heavy (non-hydrogen) atoms. The van der Waals surface area contributed by atoms with E-state index in [1.807, 2.05) is 0 Å². The van der Waals surface area contributed by atoms with Crippen molar-refractivity contribution in [1.29, 1.82) is 0 Å². The molecule has 1 N–H and O–H groups in total. The SMILES string of the molecule is C[C@@H](NC[C@H]1CCCO1)c1cccc(OC2CCCC2)c1. The molecule has 3 nitrogen and oxygen atoms in total. The van der Waals surface area contributed by atoms with Gasteiger partial charge >= 0.3 is 0 Å². The normalized spacial score (nSPS) is 24.3. The molecule has 1 aromatic rings. The van der Waals surface area contributed by atoms with E-state index in [9.17, 15) is 0 Å². The third kappa shape index (κ3) is 4.21. The number of rotatable bonds is 6. The summed E-state index contributed by atoms with van der Waals surface area (Å²) < 4.78 is 11.8. The maximum atomic E-state index is 6.09. The number of hydrogen-bond donors (Lipinski definition) is 1. The minimum Gasteiger partial charge on any atom is -0.490 e. The smallest absolute Gasteiger partial charge is 0.120 e. The first-order chi connectivity index (χ1) is 10.3. The molecule has 1 saturated heterocycles. The van der Waals surface area contributed by atoms with E-state index in [1.54, 1.807) is 0 Å². The third-order valence-electron chi connectivity index (χ3n) is 4.64. The number of benzene rings is 1. The van der Waals surface area contributed by atoms with E-state index < -0.39 is 0 Å². The van der Waals surface area contributed by atoms with Gasteiger partial charge in [0.1, 0.15) is 5.75 Å². The first kappa shape index (κ1) is 14.9. The highest BCUT2D eigenvalue weighted by Gasteiger charge is 2.18. The van der Waals surface area contributed by atoms with Crippen molar-refractivity contribution in [2.75, 3.05) is 13.2 Å². The zero-order valence-electron chi connectivity index (χ0n) is 13.0. The van der Waals surface area contributed by atoms with Gasteiger partial charge in [0.05, 0.1) is 12.2 Å². The van der Waals surface area contributed by atoms with Crippen LogP contribution in [0.4, 0.5) is 0 Å². The Morgan fingerprint density at radius 1 is 1.24 bits per heavy atom. The van der Waals surface area contributed by atoms with Crippen LogP contribution in [0, 0.1) is 0 Å². The molecular formula is C18H27NO2. The lowest BCUT2D eigenvalue weighted by Crippen LogP contribution is -2.28. The molecule has 2 atom stereocenters. The standard InChI is InChI=1S/C18H27NO2/c1-14(19-13-18-10-5-11-20-18)15-6-4-9-17(12-15)21-16-7-2-3-8-16/h4,6,9,12,14,16,18-19H,2-3,5,7-8,10-11,13H2,1H3/t14-,18-/m1/s1. The van der Waals surface area contributed by atoms with Crippen molar-refractivity contribution in [3.05, 3.63) is 29.8 Å². The Morgan fingerprint density at radius 2 is 2.10 bits per heavy atom. The highest BCUT2D eigenvalue weighted by Crippen LogP contribution is 2.26. The van der Waals surface area contributed by atoms with Crippen molar-refractivity contribution < 1.29 is 9.47 Å². The summed E-state index contributed by atoms with van der Waals surface area (Å²) in [5.41, 5.74) is 1.29. The fraction of sp³-hybridized carbons (Fsp3) is 0.667. The zero-order chi connectivity index (χ0) is 14.5. The molecule has 2 fully saturated rings. The molecule has 2 aliphatic rings. The number of nitrogens with one attached hydrogen (secondary N) is 1. The van der Waals surface area contributed by atoms with Crippen LogP contribution in [-0.4, -0.2) is 25.4 Å². The van der Waals surface area contributed by atoms with Gasteiger partial charge in [-0.3, -0.25) is 0 Å². The summed E-state index contributed by atoms with van der Waals surface area (Å²) in [6.45, 7) is 4.07. The number of hydrogen-bond acceptors (Lipinski definition) is 3. The lowest BCUT2D eigenvalue weighted by Gasteiger charge is -2.19. The molecule has 0 aromatic heterocycles. The fourth-order valence-corrected chi connectivity index (χ4v) is 3.29. The first-order valence-electron chi connectivity index (χ1n) is 8.43. The van der Waals surface area contributed by atoms with Gasteiger partial charge in [0.25, 0.3) is 0 Å². The second-order valence-electron chi connectivity index (χ2n) is 6.36. The molecule has 116 valence electrons. The van der Waals surface area contributed by atoms with Crippen LogP contribution in [0.15, 0.2) is 24.3 Å². The first-order valence-corrected chi connectivity index (χ1v) is 8.43. The van der Waals surface area contributed by atoms with Crippen LogP contribution >= 0.6 is 0 Å². The molecule has 0 radical (unpaired) electrons. The molecule has 0 unspecified atom stereocenters. The molecule has 1 saturated carbocycles. The average molecular weight is 289 g/mol. The highest BCUT2D eigenvalue weighted by molar-refractivity contribution is 5.30. The summed E-state index contributed by atoms with van der Waals surface area (Å²) in [5, 5.41) is 3.58. The summed E-state index contributed by atoms with van der Waals surface area (Å²) in [7, 11) is 0. The van der Waals surface area contributed by atoms with E-state index in [4.69, 9.17) is 9.47 Å². The minimum absolute atomic E-state index is 0.335. The van der Waals surface area contributed by atoms with Gasteiger partial charge in [-0.15, -0.1) is 0 Å². The predicted molar refractivity (Wildman–Crippen MR) is 84.7 cm³/mol. The fourth-order valence-electron chi connectivity index (χ4n) is 3.29. The van der Waals surface area contributed by atoms with Crippen LogP contribution in [0.1, 0.15) is 57.1 Å². The van der Waals surface area contributed by atoms with Crippen molar-refractivity contribution in [3.63, 3.8) is 0 Å². The minimum atomic E-state index is 0.335. The molecular weight excluding hydrogens is 262 g/mol. The van der Waals surface area contributed by atoms with E-state index in [0.29, 0.717) is 18.2 Å². The zero-order valence-corrected chi connectivity index (χ0v) is 13.0. The molecule has 3 heteroatoms. The van der Waals surface area contributed by atoms with Crippen molar-refractivity contribution in [2.45, 2.75) is 63.7 Å². The van der Waals surface area contributed by atoms with E-state index in [2.05, 4.69) is 36.5 Å². The van der Waals surface area contributed by atoms with Gasteiger partial charge in [0, 0.05) is 19.2 Å². The summed E-state index contributed by atoms with van der Waals surface area (Å²) in [5.74, 6) is 1.02. The lowest BCUT2D eigenvalue weighted by atomic mass is 10.1. The molecule has 1 aliphatic carbocycles.